The molecule has 1 unspecified atom stereocenters. The molecule has 1 amide bonds. The number of fused-ring (bicyclic) bond motifs is 1. The third-order valence-electron chi connectivity index (χ3n) is 4.97. The van der Waals surface area contributed by atoms with Gasteiger partial charge in [-0.25, -0.2) is 9.78 Å². The van der Waals surface area contributed by atoms with Crippen LogP contribution < -0.4 is 0 Å². The van der Waals surface area contributed by atoms with Crippen molar-refractivity contribution in [3.8, 4) is 0 Å². The van der Waals surface area contributed by atoms with Gasteiger partial charge in [0.25, 0.3) is 0 Å². The van der Waals surface area contributed by atoms with Crippen molar-refractivity contribution in [2.45, 2.75) is 24.8 Å². The number of hydrogen-bond donors (Lipinski definition) is 1. The minimum absolute atomic E-state index is 0.539. The molecule has 0 radical (unpaired) electrons. The van der Waals surface area contributed by atoms with Gasteiger partial charge in [0.05, 0.1) is 15.7 Å². The first-order chi connectivity index (χ1) is 12.1. The first kappa shape index (κ1) is 16.1. The van der Waals surface area contributed by atoms with E-state index >= 15 is 0 Å². The SMILES string of the molecule is O=C(O)N1CCCC1(Cc1ccccc1)c1cn2cccc(Br)c2n1. The Labute approximate surface area is 154 Å². The van der Waals surface area contributed by atoms with Gasteiger partial charge in [-0.3, -0.25) is 4.90 Å². The van der Waals surface area contributed by atoms with Gasteiger partial charge in [-0.15, -0.1) is 0 Å². The Bertz CT molecular complexity index is 925. The molecular weight excluding hydrogens is 382 g/mol. The van der Waals surface area contributed by atoms with Crippen molar-refractivity contribution >= 4 is 27.7 Å². The van der Waals surface area contributed by atoms with Crippen LogP contribution in [0.2, 0.25) is 0 Å². The lowest BCUT2D eigenvalue weighted by Gasteiger charge is -2.35. The molecular formula is C19H18BrN3O2. The summed E-state index contributed by atoms with van der Waals surface area (Å²) in [7, 11) is 0. The van der Waals surface area contributed by atoms with E-state index in [1.807, 2.05) is 59.3 Å². The van der Waals surface area contributed by atoms with E-state index in [1.165, 1.54) is 0 Å². The summed E-state index contributed by atoms with van der Waals surface area (Å²) in [5, 5.41) is 9.80. The zero-order valence-corrected chi connectivity index (χ0v) is 15.2. The predicted molar refractivity (Wildman–Crippen MR) is 98.7 cm³/mol. The van der Waals surface area contributed by atoms with Crippen molar-refractivity contribution in [1.29, 1.82) is 0 Å². The molecule has 2 aromatic heterocycles. The summed E-state index contributed by atoms with van der Waals surface area (Å²) in [5.41, 5.74) is 2.11. The average molecular weight is 400 g/mol. The van der Waals surface area contributed by atoms with Crippen molar-refractivity contribution in [3.05, 3.63) is 70.6 Å². The van der Waals surface area contributed by atoms with Crippen LogP contribution in [0.1, 0.15) is 24.1 Å². The van der Waals surface area contributed by atoms with Crippen LogP contribution in [0.4, 0.5) is 4.79 Å². The van der Waals surface area contributed by atoms with E-state index in [4.69, 9.17) is 4.98 Å². The highest BCUT2D eigenvalue weighted by Crippen LogP contribution is 2.41. The van der Waals surface area contributed by atoms with E-state index in [2.05, 4.69) is 15.9 Å². The first-order valence-corrected chi connectivity index (χ1v) is 9.08. The number of nitrogens with zero attached hydrogens (tertiary/aromatic N) is 3. The lowest BCUT2D eigenvalue weighted by Crippen LogP contribution is -2.46. The Balaban J connectivity index is 1.87. The molecule has 4 rings (SSSR count). The van der Waals surface area contributed by atoms with Gasteiger partial charge in [-0.05, 0) is 46.5 Å². The van der Waals surface area contributed by atoms with Gasteiger partial charge < -0.3 is 9.51 Å². The molecule has 0 spiro atoms. The molecule has 0 aliphatic carbocycles. The lowest BCUT2D eigenvalue weighted by molar-refractivity contribution is 0.0985. The second kappa shape index (κ2) is 6.19. The number of amides is 1. The number of carbonyl (C=O) groups is 1. The molecule has 25 heavy (non-hydrogen) atoms. The third kappa shape index (κ3) is 2.70. The minimum Gasteiger partial charge on any atom is -0.465 e. The topological polar surface area (TPSA) is 57.8 Å². The normalized spacial score (nSPS) is 20.3. The number of halogens is 1. The molecule has 5 nitrogen and oxygen atoms in total. The van der Waals surface area contributed by atoms with E-state index in [9.17, 15) is 9.90 Å². The molecule has 6 heteroatoms. The van der Waals surface area contributed by atoms with E-state index in [0.717, 1.165) is 34.2 Å². The van der Waals surface area contributed by atoms with Gasteiger partial charge in [0.15, 0.2) is 5.65 Å². The minimum atomic E-state index is -0.885. The number of likely N-dealkylation sites (tertiary alicyclic amines) is 1. The molecule has 0 bridgehead atoms. The van der Waals surface area contributed by atoms with Gasteiger partial charge >= 0.3 is 6.09 Å². The zero-order chi connectivity index (χ0) is 17.4. The molecule has 3 aromatic rings. The molecule has 1 saturated heterocycles. The summed E-state index contributed by atoms with van der Waals surface area (Å²) >= 11 is 3.53. The van der Waals surface area contributed by atoms with Crippen molar-refractivity contribution in [1.82, 2.24) is 14.3 Å². The highest BCUT2D eigenvalue weighted by molar-refractivity contribution is 9.10. The largest absolute Gasteiger partial charge is 0.465 e. The average Bonchev–Trinajstić information content (AvgIpc) is 3.21. The molecule has 1 aromatic carbocycles. The van der Waals surface area contributed by atoms with Crippen LogP contribution >= 0.6 is 15.9 Å². The van der Waals surface area contributed by atoms with Crippen molar-refractivity contribution in [2.24, 2.45) is 0 Å². The Kier molecular flexibility index (Phi) is 4.00. The molecule has 128 valence electrons. The van der Waals surface area contributed by atoms with E-state index in [-0.39, 0.29) is 0 Å². The van der Waals surface area contributed by atoms with E-state index in [0.29, 0.717) is 13.0 Å². The second-order valence-electron chi connectivity index (χ2n) is 6.44. The van der Waals surface area contributed by atoms with Crippen molar-refractivity contribution in [3.63, 3.8) is 0 Å². The number of benzene rings is 1. The number of hydrogen-bond acceptors (Lipinski definition) is 2. The zero-order valence-electron chi connectivity index (χ0n) is 13.6. The fourth-order valence-electron chi connectivity index (χ4n) is 3.83. The van der Waals surface area contributed by atoms with Crippen molar-refractivity contribution < 1.29 is 9.90 Å². The Morgan fingerprint density at radius 3 is 2.76 bits per heavy atom. The third-order valence-corrected chi connectivity index (χ3v) is 5.59. The Morgan fingerprint density at radius 1 is 1.24 bits per heavy atom. The lowest BCUT2D eigenvalue weighted by atomic mass is 9.85. The van der Waals surface area contributed by atoms with Crippen LogP contribution in [0.3, 0.4) is 0 Å². The van der Waals surface area contributed by atoms with Gasteiger partial charge in [-0.1, -0.05) is 30.3 Å². The van der Waals surface area contributed by atoms with Crippen LogP contribution in [0.15, 0.2) is 59.3 Å². The summed E-state index contributed by atoms with van der Waals surface area (Å²) in [4.78, 5) is 18.3. The van der Waals surface area contributed by atoms with Gasteiger partial charge in [-0.2, -0.15) is 0 Å². The Morgan fingerprint density at radius 2 is 2.04 bits per heavy atom. The van der Waals surface area contributed by atoms with Gasteiger partial charge in [0.2, 0.25) is 0 Å². The molecule has 1 aliphatic heterocycles. The summed E-state index contributed by atoms with van der Waals surface area (Å²) in [6.07, 6.45) is 5.26. The Hall–Kier alpha value is -2.34. The summed E-state index contributed by atoms with van der Waals surface area (Å²) in [5.74, 6) is 0. The number of imidazole rings is 1. The van der Waals surface area contributed by atoms with E-state index in [1.54, 1.807) is 4.90 Å². The highest BCUT2D eigenvalue weighted by atomic mass is 79.9. The van der Waals surface area contributed by atoms with Crippen LogP contribution in [-0.4, -0.2) is 32.0 Å². The maximum Gasteiger partial charge on any atom is 0.408 e. The number of carboxylic acid groups (broad SMARTS) is 1. The highest BCUT2D eigenvalue weighted by Gasteiger charge is 2.47. The fourth-order valence-corrected chi connectivity index (χ4v) is 4.28. The summed E-state index contributed by atoms with van der Waals surface area (Å²) < 4.78 is 2.85. The first-order valence-electron chi connectivity index (χ1n) is 8.28. The standard InChI is InChI=1S/C19H18BrN3O2/c20-15-8-4-10-22-13-16(21-17(15)22)19(9-5-11-23(19)18(24)25)12-14-6-2-1-3-7-14/h1-4,6-8,10,13H,5,9,11-12H2,(H,24,25). The number of aromatic nitrogens is 2. The molecule has 1 aliphatic rings. The summed E-state index contributed by atoms with van der Waals surface area (Å²) in [6, 6.07) is 13.9. The summed E-state index contributed by atoms with van der Waals surface area (Å²) in [6.45, 7) is 0.539. The smallest absolute Gasteiger partial charge is 0.408 e. The molecule has 3 heterocycles. The quantitative estimate of drug-likeness (QED) is 0.713. The molecule has 1 fully saturated rings. The number of pyridine rings is 1. The second-order valence-corrected chi connectivity index (χ2v) is 7.30. The van der Waals surface area contributed by atoms with E-state index < -0.39 is 11.6 Å². The van der Waals surface area contributed by atoms with Crippen molar-refractivity contribution in [2.75, 3.05) is 6.54 Å². The number of rotatable bonds is 3. The fraction of sp³-hybridized carbons (Fsp3) is 0.263. The van der Waals surface area contributed by atoms with Gasteiger partial charge in [0, 0.05) is 25.4 Å². The maximum absolute atomic E-state index is 11.9. The predicted octanol–water partition coefficient (Wildman–Crippen LogP) is 4.31. The van der Waals surface area contributed by atoms with Crippen LogP contribution in [0.5, 0.6) is 0 Å². The molecule has 1 atom stereocenters. The van der Waals surface area contributed by atoms with Gasteiger partial charge in [0.1, 0.15) is 0 Å². The maximum atomic E-state index is 11.9. The van der Waals surface area contributed by atoms with Crippen LogP contribution in [-0.2, 0) is 12.0 Å². The monoisotopic (exact) mass is 399 g/mol. The van der Waals surface area contributed by atoms with Crippen LogP contribution in [0, 0.1) is 0 Å². The molecule has 0 saturated carbocycles. The molecule has 1 N–H and O–H groups in total. The van der Waals surface area contributed by atoms with Crippen LogP contribution in [0.25, 0.3) is 5.65 Å².